The summed E-state index contributed by atoms with van der Waals surface area (Å²) in [6.45, 7) is 4.17. The third kappa shape index (κ3) is 4.62. The van der Waals surface area contributed by atoms with Crippen LogP contribution in [-0.4, -0.2) is 35.0 Å². The van der Waals surface area contributed by atoms with Crippen molar-refractivity contribution in [3.8, 4) is 0 Å². The highest BCUT2D eigenvalue weighted by atomic mass is 32.2. The zero-order valence-electron chi connectivity index (χ0n) is 9.14. The molecule has 0 aromatic carbocycles. The third-order valence-electron chi connectivity index (χ3n) is 1.81. The minimum absolute atomic E-state index is 0.177. The summed E-state index contributed by atoms with van der Waals surface area (Å²) in [7, 11) is 0. The van der Waals surface area contributed by atoms with Crippen LogP contribution in [0.3, 0.4) is 0 Å². The molecule has 0 aliphatic rings. The molecule has 1 heterocycles. The molecular formula is C11H13NO3S2. The summed E-state index contributed by atoms with van der Waals surface area (Å²) >= 11 is 2.66. The molecule has 17 heavy (non-hydrogen) atoms. The maximum absolute atomic E-state index is 11.6. The van der Waals surface area contributed by atoms with Gasteiger partial charge in [0.05, 0.1) is 4.88 Å². The van der Waals surface area contributed by atoms with Crippen molar-refractivity contribution in [2.24, 2.45) is 0 Å². The van der Waals surface area contributed by atoms with E-state index in [1.54, 1.807) is 11.8 Å². The number of carbonyl (C=O) groups excluding carboxylic acids is 1. The lowest BCUT2D eigenvalue weighted by Crippen LogP contribution is -2.24. The van der Waals surface area contributed by atoms with Crippen LogP contribution in [0.4, 0.5) is 0 Å². The van der Waals surface area contributed by atoms with E-state index in [-0.39, 0.29) is 10.8 Å². The molecule has 0 aliphatic heterocycles. The predicted octanol–water partition coefficient (Wildman–Crippen LogP) is 2.10. The molecule has 92 valence electrons. The number of rotatable bonds is 7. The summed E-state index contributed by atoms with van der Waals surface area (Å²) < 4.78 is 0. The second kappa shape index (κ2) is 7.13. The zero-order chi connectivity index (χ0) is 12.7. The minimum Gasteiger partial charge on any atom is -0.477 e. The fraction of sp³-hybridized carbons (Fsp3) is 0.273. The Kier molecular flexibility index (Phi) is 5.79. The van der Waals surface area contributed by atoms with Gasteiger partial charge >= 0.3 is 5.97 Å². The zero-order valence-corrected chi connectivity index (χ0v) is 10.8. The molecule has 0 fully saturated rings. The second-order valence-corrected chi connectivity index (χ2v) is 5.32. The molecule has 0 radical (unpaired) electrons. The molecule has 6 heteroatoms. The van der Waals surface area contributed by atoms with Crippen molar-refractivity contribution in [3.05, 3.63) is 34.5 Å². The monoisotopic (exact) mass is 271 g/mol. The molecule has 1 aromatic heterocycles. The van der Waals surface area contributed by atoms with Crippen LogP contribution in [0, 0.1) is 0 Å². The van der Waals surface area contributed by atoms with Crippen LogP contribution in [0.15, 0.2) is 24.8 Å². The van der Waals surface area contributed by atoms with E-state index in [9.17, 15) is 9.59 Å². The van der Waals surface area contributed by atoms with E-state index in [1.165, 1.54) is 12.1 Å². The first-order valence-electron chi connectivity index (χ1n) is 4.95. The van der Waals surface area contributed by atoms with Crippen LogP contribution < -0.4 is 5.32 Å². The molecule has 0 atom stereocenters. The van der Waals surface area contributed by atoms with Crippen LogP contribution in [0.2, 0.25) is 0 Å². The number of hydrogen-bond donors (Lipinski definition) is 2. The highest BCUT2D eigenvalue weighted by Gasteiger charge is 2.11. The predicted molar refractivity (Wildman–Crippen MR) is 71.1 cm³/mol. The van der Waals surface area contributed by atoms with Gasteiger partial charge in [0.15, 0.2) is 0 Å². The van der Waals surface area contributed by atoms with Gasteiger partial charge in [-0.05, 0) is 12.1 Å². The van der Waals surface area contributed by atoms with Crippen molar-refractivity contribution < 1.29 is 14.7 Å². The third-order valence-corrected chi connectivity index (χ3v) is 3.84. The van der Waals surface area contributed by atoms with Crippen LogP contribution in [-0.2, 0) is 0 Å². The Hall–Kier alpha value is -1.27. The van der Waals surface area contributed by atoms with Gasteiger partial charge < -0.3 is 10.4 Å². The van der Waals surface area contributed by atoms with Crippen molar-refractivity contribution in [3.63, 3.8) is 0 Å². The van der Waals surface area contributed by atoms with Crippen molar-refractivity contribution in [2.75, 3.05) is 18.1 Å². The first-order chi connectivity index (χ1) is 8.15. The molecule has 4 nitrogen and oxygen atoms in total. The Bertz CT molecular complexity index is 415. The molecule has 0 unspecified atom stereocenters. The minimum atomic E-state index is -1.00. The number of aromatic carboxylic acids is 1. The summed E-state index contributed by atoms with van der Waals surface area (Å²) in [5.41, 5.74) is 0. The van der Waals surface area contributed by atoms with E-state index in [4.69, 9.17) is 5.11 Å². The van der Waals surface area contributed by atoms with Crippen LogP contribution in [0.25, 0.3) is 0 Å². The summed E-state index contributed by atoms with van der Waals surface area (Å²) in [4.78, 5) is 22.8. The molecule has 2 N–H and O–H groups in total. The molecule has 1 aromatic rings. The normalized spacial score (nSPS) is 9.88. The quantitative estimate of drug-likeness (QED) is 0.588. The highest BCUT2D eigenvalue weighted by Crippen LogP contribution is 2.16. The fourth-order valence-corrected chi connectivity index (χ4v) is 2.41. The summed E-state index contributed by atoms with van der Waals surface area (Å²) in [5.74, 6) is 0.449. The van der Waals surface area contributed by atoms with Crippen molar-refractivity contribution in [2.45, 2.75) is 0 Å². The number of thioether (sulfide) groups is 1. The lowest BCUT2D eigenvalue weighted by molar-refractivity contribution is 0.0702. The Morgan fingerprint density at radius 3 is 2.76 bits per heavy atom. The van der Waals surface area contributed by atoms with Crippen molar-refractivity contribution in [1.29, 1.82) is 0 Å². The molecular weight excluding hydrogens is 258 g/mol. The standard InChI is InChI=1S/C11H13NO3S2/c1-2-6-16-7-5-12-10(13)8-3-4-9(17-8)11(14)15/h2-4H,1,5-7H2,(H,12,13)(H,14,15). The Morgan fingerprint density at radius 2 is 2.18 bits per heavy atom. The lowest BCUT2D eigenvalue weighted by Gasteiger charge is -2.01. The topological polar surface area (TPSA) is 66.4 Å². The first kappa shape index (κ1) is 13.8. The van der Waals surface area contributed by atoms with E-state index in [0.29, 0.717) is 11.4 Å². The van der Waals surface area contributed by atoms with Crippen molar-refractivity contribution >= 4 is 35.0 Å². The molecule has 1 rings (SSSR count). The molecule has 0 saturated carbocycles. The number of thiophene rings is 1. The van der Waals surface area contributed by atoms with Gasteiger partial charge in [0.2, 0.25) is 0 Å². The largest absolute Gasteiger partial charge is 0.477 e. The highest BCUT2D eigenvalue weighted by molar-refractivity contribution is 7.99. The van der Waals surface area contributed by atoms with Crippen LogP contribution in [0.1, 0.15) is 19.3 Å². The van der Waals surface area contributed by atoms with Gasteiger partial charge in [0.1, 0.15) is 4.88 Å². The lowest BCUT2D eigenvalue weighted by atomic mass is 10.4. The van der Waals surface area contributed by atoms with Crippen molar-refractivity contribution in [1.82, 2.24) is 5.32 Å². The number of carbonyl (C=O) groups is 2. The second-order valence-electron chi connectivity index (χ2n) is 3.09. The fourth-order valence-electron chi connectivity index (χ4n) is 1.07. The summed E-state index contributed by atoms with van der Waals surface area (Å²) in [6, 6.07) is 2.97. The van der Waals surface area contributed by atoms with Gasteiger partial charge in [-0.25, -0.2) is 4.79 Å². The Balaban J connectivity index is 2.36. The number of hydrogen-bond acceptors (Lipinski definition) is 4. The average molecular weight is 271 g/mol. The van der Waals surface area contributed by atoms with Gasteiger partial charge in [-0.1, -0.05) is 6.08 Å². The smallest absolute Gasteiger partial charge is 0.345 e. The number of amides is 1. The van der Waals surface area contributed by atoms with Gasteiger partial charge in [0.25, 0.3) is 5.91 Å². The summed E-state index contributed by atoms with van der Waals surface area (Å²) in [6.07, 6.45) is 1.81. The average Bonchev–Trinajstić information content (AvgIpc) is 2.78. The maximum atomic E-state index is 11.6. The van der Waals surface area contributed by atoms with Gasteiger partial charge in [-0.3, -0.25) is 4.79 Å². The van der Waals surface area contributed by atoms with E-state index in [1.807, 2.05) is 6.08 Å². The Morgan fingerprint density at radius 1 is 1.47 bits per heavy atom. The first-order valence-corrected chi connectivity index (χ1v) is 6.92. The number of carboxylic acids is 1. The number of carboxylic acid groups (broad SMARTS) is 1. The van der Waals surface area contributed by atoms with Gasteiger partial charge in [0, 0.05) is 18.1 Å². The maximum Gasteiger partial charge on any atom is 0.345 e. The number of nitrogens with one attached hydrogen (secondary N) is 1. The van der Waals surface area contributed by atoms with E-state index in [2.05, 4.69) is 11.9 Å². The van der Waals surface area contributed by atoms with E-state index >= 15 is 0 Å². The van der Waals surface area contributed by atoms with E-state index < -0.39 is 5.97 Å². The molecule has 0 aliphatic carbocycles. The SMILES string of the molecule is C=CCSCCNC(=O)c1ccc(C(=O)O)s1. The van der Waals surface area contributed by atoms with Crippen LogP contribution in [0.5, 0.6) is 0 Å². The van der Waals surface area contributed by atoms with E-state index in [0.717, 1.165) is 22.8 Å². The van der Waals surface area contributed by atoms with Gasteiger partial charge in [-0.2, -0.15) is 11.8 Å². The van der Waals surface area contributed by atoms with Crippen LogP contribution >= 0.6 is 23.1 Å². The molecule has 0 spiro atoms. The Labute approximate surface area is 108 Å². The van der Waals surface area contributed by atoms with Gasteiger partial charge in [-0.15, -0.1) is 17.9 Å². The molecule has 0 saturated heterocycles. The molecule has 0 bridgehead atoms. The summed E-state index contributed by atoms with van der Waals surface area (Å²) in [5, 5.41) is 11.5. The molecule has 1 amide bonds.